The average molecular weight is 321 g/mol. The normalized spacial score (nSPS) is 20.8. The van der Waals surface area contributed by atoms with Crippen molar-refractivity contribution in [2.75, 3.05) is 18.1 Å². The van der Waals surface area contributed by atoms with Gasteiger partial charge in [0.25, 0.3) is 0 Å². The second-order valence-electron chi connectivity index (χ2n) is 5.38. The van der Waals surface area contributed by atoms with Gasteiger partial charge in [-0.15, -0.1) is 0 Å². The van der Waals surface area contributed by atoms with Crippen molar-refractivity contribution in [2.24, 2.45) is 0 Å². The van der Waals surface area contributed by atoms with Gasteiger partial charge >= 0.3 is 0 Å². The van der Waals surface area contributed by atoms with Crippen LogP contribution in [-0.4, -0.2) is 34.3 Å². The summed E-state index contributed by atoms with van der Waals surface area (Å²) in [7, 11) is 0. The largest absolute Gasteiger partial charge is 0.478 e. The molecule has 7 heteroatoms. The van der Waals surface area contributed by atoms with Crippen LogP contribution in [0.15, 0.2) is 30.6 Å². The van der Waals surface area contributed by atoms with E-state index < -0.39 is 17.7 Å². The van der Waals surface area contributed by atoms with Crippen molar-refractivity contribution in [1.29, 1.82) is 0 Å². The lowest BCUT2D eigenvalue weighted by molar-refractivity contribution is 0.194. The molecule has 0 amide bonds. The highest BCUT2D eigenvalue weighted by atomic mass is 19.2. The second-order valence-corrected chi connectivity index (χ2v) is 5.38. The van der Waals surface area contributed by atoms with Crippen molar-refractivity contribution in [3.63, 3.8) is 0 Å². The number of aromatic nitrogens is 2. The Balaban J connectivity index is 1.93. The first-order chi connectivity index (χ1) is 11.1. The van der Waals surface area contributed by atoms with Gasteiger partial charge in [0.2, 0.25) is 5.88 Å². The molecule has 0 radical (unpaired) electrons. The van der Waals surface area contributed by atoms with Crippen molar-refractivity contribution < 1.29 is 18.6 Å². The minimum Gasteiger partial charge on any atom is -0.478 e. The fourth-order valence-corrected chi connectivity index (χ4v) is 2.82. The monoisotopic (exact) mass is 321 g/mol. The molecule has 1 aromatic heterocycles. The van der Waals surface area contributed by atoms with E-state index in [4.69, 9.17) is 4.74 Å². The molecule has 3 rings (SSSR count). The predicted octanol–water partition coefficient (Wildman–Crippen LogP) is 2.47. The van der Waals surface area contributed by atoms with Crippen LogP contribution in [0.2, 0.25) is 0 Å². The number of β-amino-alcohol motifs (C(OH)–C–C–N with tert-alkyl or cyclic N) is 1. The van der Waals surface area contributed by atoms with Gasteiger partial charge in [0.05, 0.1) is 18.8 Å². The van der Waals surface area contributed by atoms with Crippen LogP contribution in [0, 0.1) is 11.6 Å². The minimum atomic E-state index is -0.901. The highest BCUT2D eigenvalue weighted by molar-refractivity contribution is 5.46. The number of hydrogen-bond donors (Lipinski definition) is 1. The van der Waals surface area contributed by atoms with Crippen LogP contribution in [0.4, 0.5) is 14.6 Å². The molecule has 2 heterocycles. The first-order valence-electron chi connectivity index (χ1n) is 7.43. The molecule has 23 heavy (non-hydrogen) atoms. The number of aliphatic hydroxyl groups excluding tert-OH is 1. The van der Waals surface area contributed by atoms with Gasteiger partial charge in [-0.1, -0.05) is 6.07 Å². The first kappa shape index (κ1) is 15.6. The second kappa shape index (κ2) is 6.45. The van der Waals surface area contributed by atoms with Crippen LogP contribution in [-0.2, 0) is 0 Å². The third kappa shape index (κ3) is 3.24. The number of aliphatic hydroxyl groups is 1. The first-order valence-corrected chi connectivity index (χ1v) is 7.43. The zero-order valence-corrected chi connectivity index (χ0v) is 12.6. The van der Waals surface area contributed by atoms with Crippen LogP contribution in [0.3, 0.4) is 0 Å². The number of rotatable bonds is 4. The van der Waals surface area contributed by atoms with Gasteiger partial charge in [-0.05, 0) is 31.0 Å². The number of hydrogen-bond acceptors (Lipinski definition) is 5. The molecular weight excluding hydrogens is 304 g/mol. The number of ether oxygens (including phenoxy) is 1. The van der Waals surface area contributed by atoms with E-state index in [0.29, 0.717) is 36.8 Å². The summed E-state index contributed by atoms with van der Waals surface area (Å²) in [6.07, 6.45) is 1.23. The summed E-state index contributed by atoms with van der Waals surface area (Å²) in [5.41, 5.74) is 0.594. The summed E-state index contributed by atoms with van der Waals surface area (Å²) >= 11 is 0. The van der Waals surface area contributed by atoms with E-state index in [9.17, 15) is 13.9 Å². The summed E-state index contributed by atoms with van der Waals surface area (Å²) in [6, 6.07) is 5.17. The Bertz CT molecular complexity index is 699. The lowest BCUT2D eigenvalue weighted by Gasteiger charge is -2.25. The lowest BCUT2D eigenvalue weighted by atomic mass is 10.0. The Hall–Kier alpha value is -2.28. The molecule has 0 spiro atoms. The van der Waals surface area contributed by atoms with Gasteiger partial charge in [0.15, 0.2) is 11.6 Å². The predicted molar refractivity (Wildman–Crippen MR) is 80.3 cm³/mol. The van der Waals surface area contributed by atoms with Gasteiger partial charge in [0, 0.05) is 12.6 Å². The summed E-state index contributed by atoms with van der Waals surface area (Å²) in [5, 5.41) is 10.0. The van der Waals surface area contributed by atoms with E-state index in [2.05, 4.69) is 9.97 Å². The van der Waals surface area contributed by atoms with Crippen molar-refractivity contribution >= 4 is 5.82 Å². The summed E-state index contributed by atoms with van der Waals surface area (Å²) in [4.78, 5) is 10.1. The Morgan fingerprint density at radius 2 is 2.09 bits per heavy atom. The van der Waals surface area contributed by atoms with Crippen LogP contribution in [0.5, 0.6) is 5.88 Å². The highest BCUT2D eigenvalue weighted by Gasteiger charge is 2.33. The van der Waals surface area contributed by atoms with E-state index in [0.717, 1.165) is 12.1 Å². The van der Waals surface area contributed by atoms with Crippen LogP contribution in [0.1, 0.15) is 24.9 Å². The molecule has 1 saturated heterocycles. The molecule has 0 aliphatic carbocycles. The standard InChI is InChI=1S/C16H17F2N3O2/c1-2-23-16-7-15(19-9-20-16)21-8-11(22)6-14(21)10-3-4-12(17)13(18)5-10/h3-5,7,9,11,14,22H,2,6,8H2,1H3. The number of halogens is 2. The zero-order chi connectivity index (χ0) is 16.4. The van der Waals surface area contributed by atoms with E-state index in [1.807, 2.05) is 11.8 Å². The topological polar surface area (TPSA) is 58.5 Å². The molecule has 1 aliphatic heterocycles. The molecule has 1 aromatic carbocycles. The number of anilines is 1. The van der Waals surface area contributed by atoms with Crippen molar-refractivity contribution in [3.8, 4) is 5.88 Å². The Kier molecular flexibility index (Phi) is 4.38. The lowest BCUT2D eigenvalue weighted by Crippen LogP contribution is -2.25. The Labute approximate surface area is 132 Å². The maximum atomic E-state index is 13.5. The van der Waals surface area contributed by atoms with E-state index in [-0.39, 0.29) is 6.04 Å². The fourth-order valence-electron chi connectivity index (χ4n) is 2.82. The van der Waals surface area contributed by atoms with Crippen LogP contribution >= 0.6 is 0 Å². The van der Waals surface area contributed by atoms with Gasteiger partial charge in [-0.3, -0.25) is 0 Å². The van der Waals surface area contributed by atoms with Gasteiger partial charge in [-0.2, -0.15) is 0 Å². The summed E-state index contributed by atoms with van der Waals surface area (Å²) < 4.78 is 32.0. The van der Waals surface area contributed by atoms with Crippen LogP contribution in [0.25, 0.3) is 0 Å². The molecular formula is C16H17F2N3O2. The van der Waals surface area contributed by atoms with Crippen molar-refractivity contribution in [2.45, 2.75) is 25.5 Å². The molecule has 0 saturated carbocycles. The highest BCUT2D eigenvalue weighted by Crippen LogP contribution is 2.36. The van der Waals surface area contributed by atoms with E-state index in [1.54, 1.807) is 6.07 Å². The Morgan fingerprint density at radius 1 is 1.26 bits per heavy atom. The summed E-state index contributed by atoms with van der Waals surface area (Å²) in [5.74, 6) is -0.779. The maximum absolute atomic E-state index is 13.5. The third-order valence-electron chi connectivity index (χ3n) is 3.82. The molecule has 1 aliphatic rings. The molecule has 2 atom stereocenters. The quantitative estimate of drug-likeness (QED) is 0.937. The molecule has 122 valence electrons. The minimum absolute atomic E-state index is 0.288. The van der Waals surface area contributed by atoms with Gasteiger partial charge in [0.1, 0.15) is 12.1 Å². The number of nitrogens with zero attached hydrogens (tertiary/aromatic N) is 3. The SMILES string of the molecule is CCOc1cc(N2CC(O)CC2c2ccc(F)c(F)c2)ncn1. The van der Waals surface area contributed by atoms with Gasteiger partial charge < -0.3 is 14.7 Å². The van der Waals surface area contributed by atoms with Crippen LogP contribution < -0.4 is 9.64 Å². The van der Waals surface area contributed by atoms with E-state index in [1.165, 1.54) is 12.4 Å². The number of benzene rings is 1. The summed E-state index contributed by atoms with van der Waals surface area (Å²) in [6.45, 7) is 2.68. The molecule has 0 bridgehead atoms. The molecule has 5 nitrogen and oxygen atoms in total. The fraction of sp³-hybridized carbons (Fsp3) is 0.375. The molecule has 2 aromatic rings. The van der Waals surface area contributed by atoms with Gasteiger partial charge in [-0.25, -0.2) is 18.7 Å². The smallest absolute Gasteiger partial charge is 0.218 e. The van der Waals surface area contributed by atoms with E-state index >= 15 is 0 Å². The van der Waals surface area contributed by atoms with Crippen molar-refractivity contribution in [3.05, 3.63) is 47.8 Å². The average Bonchev–Trinajstić information content (AvgIpc) is 2.93. The van der Waals surface area contributed by atoms with Crippen molar-refractivity contribution in [1.82, 2.24) is 9.97 Å². The third-order valence-corrected chi connectivity index (χ3v) is 3.82. The molecule has 1 fully saturated rings. The zero-order valence-electron chi connectivity index (χ0n) is 12.6. The molecule has 1 N–H and O–H groups in total. The maximum Gasteiger partial charge on any atom is 0.218 e. The molecule has 2 unspecified atom stereocenters. The Morgan fingerprint density at radius 3 is 2.83 bits per heavy atom.